The van der Waals surface area contributed by atoms with Crippen LogP contribution in [0.25, 0.3) is 6.08 Å². The molecule has 176 valence electrons. The summed E-state index contributed by atoms with van der Waals surface area (Å²) in [7, 11) is 0. The highest BCUT2D eigenvalue weighted by Gasteiger charge is 2.37. The molecule has 2 amide bonds. The van der Waals surface area contributed by atoms with Gasteiger partial charge >= 0.3 is 0 Å². The van der Waals surface area contributed by atoms with Crippen LogP contribution in [0, 0.1) is 0 Å². The van der Waals surface area contributed by atoms with Crippen molar-refractivity contribution in [2.75, 3.05) is 31.1 Å². The van der Waals surface area contributed by atoms with Gasteiger partial charge in [0.1, 0.15) is 5.57 Å². The molecule has 0 radical (unpaired) electrons. The fourth-order valence-electron chi connectivity index (χ4n) is 4.00. The minimum absolute atomic E-state index is 0.186. The first-order valence-electron chi connectivity index (χ1n) is 12.1. The molecule has 6 heteroatoms. The van der Waals surface area contributed by atoms with Gasteiger partial charge in [0.25, 0.3) is 11.8 Å². The molecule has 2 rings (SSSR count). The molecule has 0 aliphatic carbocycles. The number of unbranched alkanes of at least 4 members (excludes halogenated alkanes) is 2. The number of hydrogen-bond donors (Lipinski definition) is 0. The molecule has 1 aromatic carbocycles. The monoisotopic (exact) mass is 457 g/mol. The van der Waals surface area contributed by atoms with E-state index in [0.29, 0.717) is 18.2 Å². The zero-order chi connectivity index (χ0) is 23.8. The number of likely N-dealkylation sites (N-methyl/N-ethyl adjacent to an activating group) is 2. The third-order valence-electron chi connectivity index (χ3n) is 5.97. The van der Waals surface area contributed by atoms with E-state index < -0.39 is 0 Å². The van der Waals surface area contributed by atoms with E-state index in [1.54, 1.807) is 6.08 Å². The normalized spacial score (nSPS) is 14.6. The second-order valence-corrected chi connectivity index (χ2v) is 8.97. The van der Waals surface area contributed by atoms with Crippen LogP contribution in [0.2, 0.25) is 0 Å². The van der Waals surface area contributed by atoms with Crippen LogP contribution in [0.5, 0.6) is 0 Å². The van der Waals surface area contributed by atoms with Crippen molar-refractivity contribution in [2.24, 2.45) is 0 Å². The summed E-state index contributed by atoms with van der Waals surface area (Å²) < 4.78 is 0. The molecular formula is C26H39N3O2S. The fraction of sp³-hybridized carbons (Fsp3) is 0.577. The van der Waals surface area contributed by atoms with Crippen LogP contribution in [0.15, 0.2) is 23.8 Å². The van der Waals surface area contributed by atoms with Gasteiger partial charge in [-0.3, -0.25) is 19.4 Å². The van der Waals surface area contributed by atoms with Crippen molar-refractivity contribution in [3.8, 4) is 0 Å². The number of nitrogens with zero attached hydrogens (tertiary/aromatic N) is 3. The quantitative estimate of drug-likeness (QED) is 0.247. The molecule has 1 aliphatic rings. The van der Waals surface area contributed by atoms with Crippen LogP contribution in [0.1, 0.15) is 84.3 Å². The predicted octanol–water partition coefficient (Wildman–Crippen LogP) is 5.60. The van der Waals surface area contributed by atoms with Gasteiger partial charge in [0, 0.05) is 31.9 Å². The second-order valence-electron chi connectivity index (χ2n) is 8.60. The van der Waals surface area contributed by atoms with E-state index in [-0.39, 0.29) is 23.3 Å². The van der Waals surface area contributed by atoms with Crippen molar-refractivity contribution >= 4 is 40.9 Å². The summed E-state index contributed by atoms with van der Waals surface area (Å²) in [6.45, 7) is 15.5. The third-order valence-corrected chi connectivity index (χ3v) is 6.41. The molecule has 0 atom stereocenters. The third kappa shape index (κ3) is 5.77. The van der Waals surface area contributed by atoms with Gasteiger partial charge in [-0.05, 0) is 74.2 Å². The fourth-order valence-corrected chi connectivity index (χ4v) is 4.42. The van der Waals surface area contributed by atoms with Gasteiger partial charge in [-0.1, -0.05) is 46.6 Å². The van der Waals surface area contributed by atoms with Crippen LogP contribution in [-0.4, -0.2) is 52.9 Å². The minimum Gasteiger partial charge on any atom is -0.372 e. The SMILES string of the molecule is CCCCN(CCCC)c1ccc(C=C2C(=O)N(CC)C(=S)N(CC)C2=O)c(C(C)C)c1. The van der Waals surface area contributed by atoms with E-state index in [9.17, 15) is 9.59 Å². The number of anilines is 1. The zero-order valence-electron chi connectivity index (χ0n) is 20.6. The van der Waals surface area contributed by atoms with Crippen LogP contribution in [0.3, 0.4) is 0 Å². The lowest BCUT2D eigenvalue weighted by molar-refractivity contribution is -0.133. The highest BCUT2D eigenvalue weighted by atomic mass is 32.1. The Kier molecular flexibility index (Phi) is 9.88. The predicted molar refractivity (Wildman–Crippen MR) is 138 cm³/mol. The van der Waals surface area contributed by atoms with Crippen molar-refractivity contribution in [3.05, 3.63) is 34.9 Å². The first-order valence-corrected chi connectivity index (χ1v) is 12.5. The topological polar surface area (TPSA) is 43.9 Å². The lowest BCUT2D eigenvalue weighted by Gasteiger charge is -2.35. The zero-order valence-corrected chi connectivity index (χ0v) is 21.4. The van der Waals surface area contributed by atoms with E-state index >= 15 is 0 Å². The van der Waals surface area contributed by atoms with Crippen molar-refractivity contribution in [1.29, 1.82) is 0 Å². The number of carbonyl (C=O) groups excluding carboxylic acids is 2. The average molecular weight is 458 g/mol. The molecule has 0 saturated carbocycles. The number of rotatable bonds is 11. The van der Waals surface area contributed by atoms with E-state index in [2.05, 4.69) is 50.8 Å². The number of benzene rings is 1. The van der Waals surface area contributed by atoms with Crippen LogP contribution in [0.4, 0.5) is 5.69 Å². The molecule has 32 heavy (non-hydrogen) atoms. The summed E-state index contributed by atoms with van der Waals surface area (Å²) in [4.78, 5) is 31.6. The second kappa shape index (κ2) is 12.1. The van der Waals surface area contributed by atoms with Gasteiger partial charge in [0.2, 0.25) is 0 Å². The first kappa shape index (κ1) is 26.0. The van der Waals surface area contributed by atoms with E-state index in [1.165, 1.54) is 15.5 Å². The first-order chi connectivity index (χ1) is 15.3. The van der Waals surface area contributed by atoms with Crippen molar-refractivity contribution in [3.63, 3.8) is 0 Å². The van der Waals surface area contributed by atoms with Crippen LogP contribution < -0.4 is 4.90 Å². The molecule has 1 fully saturated rings. The Bertz CT molecular complexity index is 827. The molecule has 5 nitrogen and oxygen atoms in total. The number of amides is 2. The molecule has 0 unspecified atom stereocenters. The summed E-state index contributed by atoms with van der Waals surface area (Å²) in [5.74, 6) is -0.350. The van der Waals surface area contributed by atoms with Gasteiger partial charge < -0.3 is 4.90 Å². The highest BCUT2D eigenvalue weighted by Crippen LogP contribution is 2.29. The molecule has 1 aromatic rings. The van der Waals surface area contributed by atoms with Gasteiger partial charge in [0.15, 0.2) is 5.11 Å². The summed E-state index contributed by atoms with van der Waals surface area (Å²) in [5, 5.41) is 0.295. The van der Waals surface area contributed by atoms with Crippen LogP contribution >= 0.6 is 12.2 Å². The number of thiocarbonyl (C=S) groups is 1. The van der Waals surface area contributed by atoms with Gasteiger partial charge in [0.05, 0.1) is 0 Å². The Hall–Kier alpha value is -2.21. The largest absolute Gasteiger partial charge is 0.372 e. The lowest BCUT2D eigenvalue weighted by atomic mass is 9.94. The molecule has 1 aliphatic heterocycles. The van der Waals surface area contributed by atoms with Crippen molar-refractivity contribution < 1.29 is 9.59 Å². The summed E-state index contributed by atoms with van der Waals surface area (Å²) in [6.07, 6.45) is 6.42. The van der Waals surface area contributed by atoms with Gasteiger partial charge in [-0.15, -0.1) is 0 Å². The molecular weight excluding hydrogens is 418 g/mol. The molecule has 1 heterocycles. The summed E-state index contributed by atoms with van der Waals surface area (Å²) in [6, 6.07) is 6.42. The standard InChI is InChI=1S/C26H39N3O2S/c1-7-11-15-27(16-12-8-2)21-14-13-20(22(18-21)19(5)6)17-23-24(30)28(9-3)26(32)29(10-4)25(23)31/h13-14,17-19H,7-12,15-16H2,1-6H3. The maximum Gasteiger partial charge on any atom is 0.265 e. The molecule has 1 saturated heterocycles. The van der Waals surface area contributed by atoms with Gasteiger partial charge in [-0.25, -0.2) is 0 Å². The number of hydrogen-bond acceptors (Lipinski definition) is 4. The molecule has 0 bridgehead atoms. The Balaban J connectivity index is 2.50. The maximum atomic E-state index is 13.1. The van der Waals surface area contributed by atoms with Crippen LogP contribution in [-0.2, 0) is 9.59 Å². The Morgan fingerprint density at radius 2 is 1.47 bits per heavy atom. The van der Waals surface area contributed by atoms with Crippen molar-refractivity contribution in [1.82, 2.24) is 9.80 Å². The summed E-state index contributed by atoms with van der Waals surface area (Å²) in [5.41, 5.74) is 3.47. The average Bonchev–Trinajstić information content (AvgIpc) is 2.77. The number of carbonyl (C=O) groups is 2. The van der Waals surface area contributed by atoms with E-state index in [4.69, 9.17) is 12.2 Å². The lowest BCUT2D eigenvalue weighted by Crippen LogP contribution is -2.55. The molecule has 0 N–H and O–H groups in total. The Morgan fingerprint density at radius 1 is 0.938 bits per heavy atom. The molecule has 0 aromatic heterocycles. The van der Waals surface area contributed by atoms with Crippen molar-refractivity contribution in [2.45, 2.75) is 73.1 Å². The van der Waals surface area contributed by atoms with Gasteiger partial charge in [-0.2, -0.15) is 0 Å². The minimum atomic E-state index is -0.307. The highest BCUT2D eigenvalue weighted by molar-refractivity contribution is 7.80. The molecule has 0 spiro atoms. The Morgan fingerprint density at radius 3 is 1.91 bits per heavy atom. The maximum absolute atomic E-state index is 13.1. The smallest absolute Gasteiger partial charge is 0.265 e. The Labute approximate surface area is 199 Å². The van der Waals surface area contributed by atoms with E-state index in [1.807, 2.05) is 13.8 Å². The summed E-state index contributed by atoms with van der Waals surface area (Å²) >= 11 is 5.38. The van der Waals surface area contributed by atoms with E-state index in [0.717, 1.165) is 49.9 Å².